The van der Waals surface area contributed by atoms with Crippen molar-refractivity contribution in [2.45, 2.75) is 6.92 Å². The van der Waals surface area contributed by atoms with E-state index >= 15 is 0 Å². The van der Waals surface area contributed by atoms with Crippen molar-refractivity contribution in [1.29, 1.82) is 0 Å². The van der Waals surface area contributed by atoms with E-state index < -0.39 is 0 Å². The summed E-state index contributed by atoms with van der Waals surface area (Å²) in [4.78, 5) is 2.35. The van der Waals surface area contributed by atoms with Gasteiger partial charge in [0.15, 0.2) is 0 Å². The van der Waals surface area contributed by atoms with Crippen molar-refractivity contribution in [3.63, 3.8) is 0 Å². The number of rotatable bonds is 5. The lowest BCUT2D eigenvalue weighted by Crippen LogP contribution is -2.12. The van der Waals surface area contributed by atoms with E-state index in [1.165, 1.54) is 33.3 Å². The molecule has 0 saturated heterocycles. The monoisotopic (exact) mass is 361 g/mol. The molecule has 0 amide bonds. The fourth-order valence-electron chi connectivity index (χ4n) is 3.62. The quantitative estimate of drug-likeness (QED) is 0.328. The third-order valence-electron chi connectivity index (χ3n) is 5.02. The number of anilines is 3. The van der Waals surface area contributed by atoms with Gasteiger partial charge in [0.1, 0.15) is 0 Å². The van der Waals surface area contributed by atoms with Crippen molar-refractivity contribution in [2.75, 3.05) is 4.90 Å². The zero-order valence-corrected chi connectivity index (χ0v) is 16.0. The molecule has 0 heterocycles. The van der Waals surface area contributed by atoms with Crippen LogP contribution in [0.3, 0.4) is 0 Å². The molecule has 0 saturated carbocycles. The summed E-state index contributed by atoms with van der Waals surface area (Å²) in [6, 6.07) is 32.0. The first-order valence-electron chi connectivity index (χ1n) is 9.51. The van der Waals surface area contributed by atoms with E-state index in [0.717, 1.165) is 5.69 Å². The molecule has 0 radical (unpaired) electrons. The van der Waals surface area contributed by atoms with Crippen LogP contribution in [0.1, 0.15) is 11.1 Å². The van der Waals surface area contributed by atoms with Gasteiger partial charge in [-0.1, -0.05) is 91.5 Å². The van der Waals surface area contributed by atoms with Gasteiger partial charge in [-0.05, 0) is 47.7 Å². The number of para-hydroxylation sites is 1. The van der Waals surface area contributed by atoms with Crippen molar-refractivity contribution in [2.24, 2.45) is 0 Å². The minimum atomic E-state index is 1.15. The molecule has 1 heteroatoms. The Morgan fingerprint density at radius 3 is 2.21 bits per heavy atom. The van der Waals surface area contributed by atoms with Crippen LogP contribution in [0.2, 0.25) is 0 Å². The minimum Gasteiger partial charge on any atom is -0.310 e. The van der Waals surface area contributed by atoms with Gasteiger partial charge in [0.05, 0.1) is 5.69 Å². The van der Waals surface area contributed by atoms with E-state index in [0.29, 0.717) is 0 Å². The van der Waals surface area contributed by atoms with E-state index in [1.807, 2.05) is 12.2 Å². The van der Waals surface area contributed by atoms with Gasteiger partial charge in [0.2, 0.25) is 0 Å². The van der Waals surface area contributed by atoms with Crippen LogP contribution in [0.4, 0.5) is 17.1 Å². The van der Waals surface area contributed by atoms with E-state index in [4.69, 9.17) is 0 Å². The molecule has 0 N–H and O–H groups in total. The van der Waals surface area contributed by atoms with E-state index in [9.17, 15) is 0 Å². The minimum absolute atomic E-state index is 1.15. The average molecular weight is 361 g/mol. The van der Waals surface area contributed by atoms with Crippen LogP contribution >= 0.6 is 0 Å². The maximum Gasteiger partial charge on any atom is 0.0540 e. The number of nitrogens with zero attached hydrogens (tertiary/aromatic N) is 1. The van der Waals surface area contributed by atoms with E-state index in [-0.39, 0.29) is 0 Å². The lowest BCUT2D eigenvalue weighted by Gasteiger charge is -2.28. The number of allylic oxidation sites excluding steroid dienone is 2. The largest absolute Gasteiger partial charge is 0.310 e. The second kappa shape index (κ2) is 7.98. The molecule has 1 nitrogen and oxygen atoms in total. The van der Waals surface area contributed by atoms with Crippen molar-refractivity contribution in [3.05, 3.63) is 121 Å². The van der Waals surface area contributed by atoms with Gasteiger partial charge < -0.3 is 4.90 Å². The SMILES string of the molecule is C=C/C=C\c1cccc(N(c2ccccc2)c2cccc3ccccc23)c1C. The third kappa shape index (κ3) is 3.35. The average Bonchev–Trinajstić information content (AvgIpc) is 2.75. The first kappa shape index (κ1) is 17.8. The summed E-state index contributed by atoms with van der Waals surface area (Å²) in [5, 5.41) is 2.47. The zero-order valence-electron chi connectivity index (χ0n) is 16.0. The topological polar surface area (TPSA) is 3.24 Å². The molecule has 0 aliphatic rings. The molecule has 136 valence electrons. The lowest BCUT2D eigenvalue weighted by molar-refractivity contribution is 1.26. The molecule has 28 heavy (non-hydrogen) atoms. The number of hydrogen-bond donors (Lipinski definition) is 0. The van der Waals surface area contributed by atoms with Gasteiger partial charge in [-0.3, -0.25) is 0 Å². The summed E-state index contributed by atoms with van der Waals surface area (Å²) in [7, 11) is 0. The van der Waals surface area contributed by atoms with Gasteiger partial charge in [-0.15, -0.1) is 0 Å². The third-order valence-corrected chi connectivity index (χ3v) is 5.02. The van der Waals surface area contributed by atoms with E-state index in [2.05, 4.69) is 115 Å². The lowest BCUT2D eigenvalue weighted by atomic mass is 10.0. The molecular formula is C27H23N. The Bertz CT molecular complexity index is 1130. The summed E-state index contributed by atoms with van der Waals surface area (Å²) in [5.74, 6) is 0. The molecule has 4 aromatic carbocycles. The number of hydrogen-bond acceptors (Lipinski definition) is 1. The Morgan fingerprint density at radius 1 is 0.714 bits per heavy atom. The van der Waals surface area contributed by atoms with Crippen LogP contribution < -0.4 is 4.90 Å². The van der Waals surface area contributed by atoms with Gasteiger partial charge in [-0.2, -0.15) is 0 Å². The maximum atomic E-state index is 3.80. The molecule has 0 unspecified atom stereocenters. The van der Waals surface area contributed by atoms with Crippen molar-refractivity contribution in [1.82, 2.24) is 0 Å². The Kier molecular flexibility index (Phi) is 5.07. The molecule has 0 aromatic heterocycles. The Balaban J connectivity index is 1.99. The predicted molar refractivity (Wildman–Crippen MR) is 123 cm³/mol. The Morgan fingerprint density at radius 2 is 1.39 bits per heavy atom. The second-order valence-electron chi connectivity index (χ2n) is 6.76. The highest BCUT2D eigenvalue weighted by atomic mass is 15.1. The highest BCUT2D eigenvalue weighted by molar-refractivity contribution is 5.99. The number of benzene rings is 4. The van der Waals surface area contributed by atoms with Gasteiger partial charge in [0.25, 0.3) is 0 Å². The molecule has 4 rings (SSSR count). The maximum absolute atomic E-state index is 3.80. The van der Waals surface area contributed by atoms with Crippen molar-refractivity contribution >= 4 is 33.9 Å². The standard InChI is InChI=1S/C27H23N/c1-3-4-12-22-14-10-19-26(21(22)2)28(24-16-6-5-7-17-24)27-20-11-15-23-13-8-9-18-25(23)27/h3-20H,1H2,2H3/b12-4-. The van der Waals surface area contributed by atoms with Crippen molar-refractivity contribution in [3.8, 4) is 0 Å². The summed E-state index contributed by atoms with van der Waals surface area (Å²) in [6.07, 6.45) is 5.90. The van der Waals surface area contributed by atoms with Crippen LogP contribution in [-0.4, -0.2) is 0 Å². The molecule has 4 aromatic rings. The van der Waals surface area contributed by atoms with Crippen LogP contribution in [0, 0.1) is 6.92 Å². The van der Waals surface area contributed by atoms with Crippen LogP contribution in [0.15, 0.2) is 110 Å². The van der Waals surface area contributed by atoms with Gasteiger partial charge >= 0.3 is 0 Å². The Hall–Kier alpha value is -3.58. The number of fused-ring (bicyclic) bond motifs is 1. The first-order valence-corrected chi connectivity index (χ1v) is 9.51. The molecule has 0 aliphatic carbocycles. The fourth-order valence-corrected chi connectivity index (χ4v) is 3.62. The smallest absolute Gasteiger partial charge is 0.0540 e. The normalized spacial score (nSPS) is 11.0. The second-order valence-corrected chi connectivity index (χ2v) is 6.76. The molecule has 0 aliphatic heterocycles. The fraction of sp³-hybridized carbons (Fsp3) is 0.0370. The van der Waals surface area contributed by atoms with Crippen LogP contribution in [0.5, 0.6) is 0 Å². The van der Waals surface area contributed by atoms with Gasteiger partial charge in [-0.25, -0.2) is 0 Å². The summed E-state index contributed by atoms with van der Waals surface area (Å²) in [5.41, 5.74) is 5.92. The molecule has 0 atom stereocenters. The highest BCUT2D eigenvalue weighted by Gasteiger charge is 2.17. The van der Waals surface area contributed by atoms with E-state index in [1.54, 1.807) is 0 Å². The van der Waals surface area contributed by atoms with Gasteiger partial charge in [0, 0.05) is 16.8 Å². The highest BCUT2D eigenvalue weighted by Crippen LogP contribution is 2.40. The predicted octanol–water partition coefficient (Wildman–Crippen LogP) is 7.82. The Labute approximate surface area is 166 Å². The molecule has 0 fully saturated rings. The molecular weight excluding hydrogens is 338 g/mol. The first-order chi connectivity index (χ1) is 13.8. The van der Waals surface area contributed by atoms with Crippen LogP contribution in [-0.2, 0) is 0 Å². The molecule has 0 bridgehead atoms. The molecule has 0 spiro atoms. The zero-order chi connectivity index (χ0) is 19.3. The summed E-state index contributed by atoms with van der Waals surface area (Å²) < 4.78 is 0. The van der Waals surface area contributed by atoms with Crippen molar-refractivity contribution < 1.29 is 0 Å². The van der Waals surface area contributed by atoms with Crippen LogP contribution in [0.25, 0.3) is 16.8 Å². The summed E-state index contributed by atoms with van der Waals surface area (Å²) >= 11 is 0. The summed E-state index contributed by atoms with van der Waals surface area (Å²) in [6.45, 7) is 5.97.